The quantitative estimate of drug-likeness (QED) is 0.432. The fourth-order valence-corrected chi connectivity index (χ4v) is 0.436. The number of nitrogens with zero attached hydrogens (tertiary/aromatic N) is 1. The van der Waals surface area contributed by atoms with Gasteiger partial charge in [-0.15, -0.1) is 0 Å². The minimum absolute atomic E-state index is 0.167. The van der Waals surface area contributed by atoms with E-state index in [1.54, 1.807) is 6.21 Å². The smallest absolute Gasteiger partial charge is 0.147 e. The summed E-state index contributed by atoms with van der Waals surface area (Å²) in [6.45, 7) is 1.90. The van der Waals surface area contributed by atoms with Crippen molar-refractivity contribution in [2.24, 2.45) is 11.0 Å². The third kappa shape index (κ3) is 0.718. The van der Waals surface area contributed by atoms with Crippen LogP contribution in [0.3, 0.4) is 0 Å². The van der Waals surface area contributed by atoms with Gasteiger partial charge >= 0.3 is 0 Å². The molecule has 1 aliphatic rings. The lowest BCUT2D eigenvalue weighted by molar-refractivity contribution is 0.125. The summed E-state index contributed by atoms with van der Waals surface area (Å²) in [7, 11) is 0. The molecule has 0 aromatic rings. The second-order valence-electron chi connectivity index (χ2n) is 1.71. The van der Waals surface area contributed by atoms with Gasteiger partial charge in [0.25, 0.3) is 0 Å². The fourth-order valence-electron chi connectivity index (χ4n) is 0.436. The molecule has 2 atom stereocenters. The molecule has 2 unspecified atom stereocenters. The van der Waals surface area contributed by atoms with Gasteiger partial charge in [-0.1, -0.05) is 6.92 Å². The summed E-state index contributed by atoms with van der Waals surface area (Å²) >= 11 is 0. The van der Waals surface area contributed by atoms with Gasteiger partial charge in [0, 0.05) is 12.1 Å². The summed E-state index contributed by atoms with van der Waals surface area (Å²) < 4.78 is 0. The standard InChI is InChI=1S/C4H8N2O/c1-3-2-5-6-4(3)7/h2-4,6-7H,1H3. The van der Waals surface area contributed by atoms with Crippen LogP contribution in [0.5, 0.6) is 0 Å². The first-order valence-corrected chi connectivity index (χ1v) is 2.27. The van der Waals surface area contributed by atoms with Gasteiger partial charge in [0.15, 0.2) is 0 Å². The Balaban J connectivity index is 2.45. The third-order valence-electron chi connectivity index (χ3n) is 1.01. The van der Waals surface area contributed by atoms with Crippen molar-refractivity contribution < 1.29 is 5.11 Å². The molecular weight excluding hydrogens is 92.1 g/mol. The largest absolute Gasteiger partial charge is 0.372 e. The van der Waals surface area contributed by atoms with Crippen molar-refractivity contribution >= 4 is 6.21 Å². The van der Waals surface area contributed by atoms with E-state index in [0.29, 0.717) is 0 Å². The molecule has 2 N–H and O–H groups in total. The van der Waals surface area contributed by atoms with E-state index >= 15 is 0 Å². The van der Waals surface area contributed by atoms with Crippen LogP contribution in [0, 0.1) is 5.92 Å². The first-order valence-electron chi connectivity index (χ1n) is 2.27. The van der Waals surface area contributed by atoms with Crippen molar-refractivity contribution in [2.75, 3.05) is 0 Å². The van der Waals surface area contributed by atoms with Crippen LogP contribution in [0.4, 0.5) is 0 Å². The molecule has 1 aliphatic heterocycles. The zero-order valence-electron chi connectivity index (χ0n) is 4.13. The van der Waals surface area contributed by atoms with E-state index in [9.17, 15) is 0 Å². The molecule has 3 heteroatoms. The van der Waals surface area contributed by atoms with Crippen molar-refractivity contribution in [3.63, 3.8) is 0 Å². The summed E-state index contributed by atoms with van der Waals surface area (Å²) in [5.74, 6) is 0.167. The van der Waals surface area contributed by atoms with Crippen molar-refractivity contribution in [1.82, 2.24) is 5.43 Å². The monoisotopic (exact) mass is 100 g/mol. The molecule has 1 heterocycles. The van der Waals surface area contributed by atoms with Gasteiger partial charge in [0.2, 0.25) is 0 Å². The lowest BCUT2D eigenvalue weighted by Crippen LogP contribution is -2.24. The molecule has 0 bridgehead atoms. The zero-order valence-corrected chi connectivity index (χ0v) is 4.13. The predicted molar refractivity (Wildman–Crippen MR) is 26.8 cm³/mol. The van der Waals surface area contributed by atoms with E-state index in [0.717, 1.165) is 0 Å². The van der Waals surface area contributed by atoms with Crippen LogP contribution >= 0.6 is 0 Å². The van der Waals surface area contributed by atoms with Gasteiger partial charge in [-0.25, -0.2) is 0 Å². The van der Waals surface area contributed by atoms with Crippen LogP contribution in [-0.4, -0.2) is 17.5 Å². The molecular formula is C4H8N2O. The highest BCUT2D eigenvalue weighted by Crippen LogP contribution is 2.00. The number of hydrogen-bond acceptors (Lipinski definition) is 3. The van der Waals surface area contributed by atoms with Gasteiger partial charge < -0.3 is 5.11 Å². The Morgan fingerprint density at radius 2 is 2.57 bits per heavy atom. The third-order valence-corrected chi connectivity index (χ3v) is 1.01. The summed E-state index contributed by atoms with van der Waals surface area (Å²) in [4.78, 5) is 0. The van der Waals surface area contributed by atoms with Crippen LogP contribution < -0.4 is 5.43 Å². The highest BCUT2D eigenvalue weighted by atomic mass is 16.3. The maximum Gasteiger partial charge on any atom is 0.147 e. The Labute approximate surface area is 42.0 Å². The Morgan fingerprint density at radius 3 is 2.71 bits per heavy atom. The number of nitrogens with one attached hydrogen (secondary N) is 1. The van der Waals surface area contributed by atoms with Crippen LogP contribution in [0.25, 0.3) is 0 Å². The van der Waals surface area contributed by atoms with Gasteiger partial charge in [-0.3, -0.25) is 5.43 Å². The second-order valence-corrected chi connectivity index (χ2v) is 1.71. The van der Waals surface area contributed by atoms with E-state index in [-0.39, 0.29) is 5.92 Å². The molecule has 40 valence electrons. The summed E-state index contributed by atoms with van der Waals surface area (Å²) in [6, 6.07) is 0. The van der Waals surface area contributed by atoms with Gasteiger partial charge in [-0.2, -0.15) is 5.10 Å². The number of aliphatic hydroxyl groups excluding tert-OH is 1. The average molecular weight is 100 g/mol. The van der Waals surface area contributed by atoms with Crippen molar-refractivity contribution in [2.45, 2.75) is 13.2 Å². The predicted octanol–water partition coefficient (Wildman–Crippen LogP) is -0.470. The van der Waals surface area contributed by atoms with E-state index in [2.05, 4.69) is 10.5 Å². The van der Waals surface area contributed by atoms with E-state index in [4.69, 9.17) is 5.11 Å². The van der Waals surface area contributed by atoms with E-state index in [1.807, 2.05) is 6.92 Å². The summed E-state index contributed by atoms with van der Waals surface area (Å²) in [6.07, 6.45) is 1.23. The molecule has 0 spiro atoms. The molecule has 0 aliphatic carbocycles. The summed E-state index contributed by atoms with van der Waals surface area (Å²) in [5, 5.41) is 12.4. The highest BCUT2D eigenvalue weighted by Gasteiger charge is 2.14. The maximum absolute atomic E-state index is 8.76. The number of hydrogen-bond donors (Lipinski definition) is 2. The van der Waals surface area contributed by atoms with Crippen molar-refractivity contribution in [3.8, 4) is 0 Å². The van der Waals surface area contributed by atoms with Crippen LogP contribution in [-0.2, 0) is 0 Å². The molecule has 0 amide bonds. The Kier molecular flexibility index (Phi) is 0.982. The van der Waals surface area contributed by atoms with Crippen LogP contribution in [0.2, 0.25) is 0 Å². The highest BCUT2D eigenvalue weighted by molar-refractivity contribution is 5.62. The molecule has 0 aromatic carbocycles. The number of rotatable bonds is 0. The number of hydrazone groups is 1. The Morgan fingerprint density at radius 1 is 1.86 bits per heavy atom. The van der Waals surface area contributed by atoms with E-state index < -0.39 is 6.23 Å². The van der Waals surface area contributed by atoms with Crippen molar-refractivity contribution in [1.29, 1.82) is 0 Å². The van der Waals surface area contributed by atoms with Crippen molar-refractivity contribution in [3.05, 3.63) is 0 Å². The van der Waals surface area contributed by atoms with E-state index in [1.165, 1.54) is 0 Å². The molecule has 3 nitrogen and oxygen atoms in total. The minimum atomic E-state index is -0.458. The molecule has 0 fully saturated rings. The zero-order chi connectivity index (χ0) is 5.28. The average Bonchev–Trinajstić information content (AvgIpc) is 1.91. The molecule has 0 aromatic heterocycles. The first kappa shape index (κ1) is 4.59. The fraction of sp³-hybridized carbons (Fsp3) is 0.750. The SMILES string of the molecule is CC1C=NNC1O. The molecule has 0 radical (unpaired) electrons. The first-order chi connectivity index (χ1) is 3.30. The van der Waals surface area contributed by atoms with Gasteiger partial charge in [0.1, 0.15) is 6.23 Å². The maximum atomic E-state index is 8.76. The van der Waals surface area contributed by atoms with Gasteiger partial charge in [-0.05, 0) is 0 Å². The minimum Gasteiger partial charge on any atom is -0.372 e. The number of aliphatic hydroxyl groups is 1. The Bertz CT molecular complexity index is 91.7. The normalized spacial score (nSPS) is 38.6. The lowest BCUT2D eigenvalue weighted by Gasteiger charge is -2.03. The van der Waals surface area contributed by atoms with Gasteiger partial charge in [0.05, 0.1) is 0 Å². The lowest BCUT2D eigenvalue weighted by atomic mass is 10.2. The second kappa shape index (κ2) is 1.50. The molecule has 0 saturated heterocycles. The van der Waals surface area contributed by atoms with Crippen LogP contribution in [0.15, 0.2) is 5.10 Å². The molecule has 0 saturated carbocycles. The Hall–Kier alpha value is -0.570. The van der Waals surface area contributed by atoms with Crippen LogP contribution in [0.1, 0.15) is 6.92 Å². The molecule has 7 heavy (non-hydrogen) atoms. The molecule has 1 rings (SSSR count). The summed E-state index contributed by atoms with van der Waals surface area (Å²) in [5.41, 5.74) is 2.49. The topological polar surface area (TPSA) is 44.6 Å².